The maximum atomic E-state index is 11.9. The van der Waals surface area contributed by atoms with Crippen molar-refractivity contribution in [2.24, 2.45) is 5.92 Å². The number of nitrogens with one attached hydrogen (secondary N) is 1. The van der Waals surface area contributed by atoms with Gasteiger partial charge >= 0.3 is 12.1 Å². The average molecular weight is 327 g/mol. The highest BCUT2D eigenvalue weighted by atomic mass is 16.6. The van der Waals surface area contributed by atoms with Crippen molar-refractivity contribution in [2.45, 2.75) is 66.0 Å². The minimum atomic E-state index is -0.740. The molecule has 2 unspecified atom stereocenters. The van der Waals surface area contributed by atoms with Gasteiger partial charge in [0.25, 0.3) is 0 Å². The summed E-state index contributed by atoms with van der Waals surface area (Å²) in [5, 5.41) is 2.60. The smallest absolute Gasteiger partial charge is 0.408 e. The summed E-state index contributed by atoms with van der Waals surface area (Å²) < 4.78 is 10.0. The molecule has 0 aromatic heterocycles. The molecule has 23 heavy (non-hydrogen) atoms. The second kappa shape index (κ2) is 10.0. The molecule has 0 fully saturated rings. The zero-order valence-electron chi connectivity index (χ0n) is 15.0. The zero-order chi connectivity index (χ0) is 18.0. The molecule has 1 N–H and O–H groups in total. The van der Waals surface area contributed by atoms with Crippen molar-refractivity contribution >= 4 is 17.8 Å². The second-order valence-corrected chi connectivity index (χ2v) is 6.30. The van der Waals surface area contributed by atoms with Crippen LogP contribution in [0.15, 0.2) is 12.2 Å². The number of carbonyl (C=O) groups excluding carboxylic acids is 3. The fraction of sp³-hybridized carbons (Fsp3) is 0.706. The predicted octanol–water partition coefficient (Wildman–Crippen LogP) is 3.00. The molecule has 1 amide bonds. The van der Waals surface area contributed by atoms with Gasteiger partial charge in [-0.3, -0.25) is 4.79 Å². The minimum Gasteiger partial charge on any atom is -0.463 e. The van der Waals surface area contributed by atoms with Gasteiger partial charge in [0.2, 0.25) is 0 Å². The van der Waals surface area contributed by atoms with Crippen molar-refractivity contribution in [1.82, 2.24) is 5.32 Å². The Morgan fingerprint density at radius 1 is 1.17 bits per heavy atom. The SMILES string of the molecule is CCCC(/C=C/C(=O)OCC)C(NC(=O)OC(C)(C)C)C(C)=O. The van der Waals surface area contributed by atoms with Crippen molar-refractivity contribution in [3.63, 3.8) is 0 Å². The largest absolute Gasteiger partial charge is 0.463 e. The first-order valence-corrected chi connectivity index (χ1v) is 7.95. The third kappa shape index (κ3) is 9.71. The first-order chi connectivity index (χ1) is 10.6. The van der Waals surface area contributed by atoms with Gasteiger partial charge in [0.15, 0.2) is 5.78 Å². The van der Waals surface area contributed by atoms with E-state index in [4.69, 9.17) is 9.47 Å². The standard InChI is InChI=1S/C17H29NO5/c1-7-9-13(10-11-14(20)22-8-2)15(12(3)19)18-16(21)23-17(4,5)6/h10-11,13,15H,7-9H2,1-6H3,(H,18,21)/b11-10+. The molecule has 132 valence electrons. The van der Waals surface area contributed by atoms with E-state index in [1.54, 1.807) is 33.8 Å². The Balaban J connectivity index is 5.06. The number of amides is 1. The molecule has 0 spiro atoms. The maximum Gasteiger partial charge on any atom is 0.408 e. The molecular weight excluding hydrogens is 298 g/mol. The number of carbonyl (C=O) groups is 3. The number of Topliss-reactive ketones (excluding diaryl/α,β-unsaturated/α-hetero) is 1. The van der Waals surface area contributed by atoms with Gasteiger partial charge in [-0.2, -0.15) is 0 Å². The second-order valence-electron chi connectivity index (χ2n) is 6.30. The van der Waals surface area contributed by atoms with E-state index in [-0.39, 0.29) is 18.3 Å². The van der Waals surface area contributed by atoms with Crippen molar-refractivity contribution in [3.05, 3.63) is 12.2 Å². The molecule has 0 bridgehead atoms. The van der Waals surface area contributed by atoms with Crippen LogP contribution in [0.5, 0.6) is 0 Å². The summed E-state index contributed by atoms with van der Waals surface area (Å²) in [5.74, 6) is -0.953. The van der Waals surface area contributed by atoms with Gasteiger partial charge in [-0.1, -0.05) is 19.4 Å². The zero-order valence-corrected chi connectivity index (χ0v) is 15.0. The minimum absolute atomic E-state index is 0.192. The van der Waals surface area contributed by atoms with Crippen LogP contribution < -0.4 is 5.32 Å². The molecule has 0 rings (SSSR count). The van der Waals surface area contributed by atoms with Crippen molar-refractivity contribution in [2.75, 3.05) is 6.61 Å². The monoisotopic (exact) mass is 327 g/mol. The van der Waals surface area contributed by atoms with Crippen LogP contribution in [0.2, 0.25) is 0 Å². The number of alkyl carbamates (subject to hydrolysis) is 1. The molecule has 0 aromatic carbocycles. The first kappa shape index (κ1) is 21.1. The van der Waals surface area contributed by atoms with Gasteiger partial charge in [-0.05, 0) is 41.0 Å². The number of rotatable bonds is 8. The lowest BCUT2D eigenvalue weighted by Crippen LogP contribution is -2.46. The number of ketones is 1. The van der Waals surface area contributed by atoms with Crippen LogP contribution in [0.3, 0.4) is 0 Å². The summed E-state index contributed by atoms with van der Waals surface area (Å²) in [6, 6.07) is -0.740. The first-order valence-electron chi connectivity index (χ1n) is 7.95. The lowest BCUT2D eigenvalue weighted by molar-refractivity contribution is -0.137. The predicted molar refractivity (Wildman–Crippen MR) is 88.0 cm³/mol. The third-order valence-electron chi connectivity index (χ3n) is 2.93. The number of esters is 1. The van der Waals surface area contributed by atoms with Crippen LogP contribution in [-0.4, -0.2) is 36.1 Å². The average Bonchev–Trinajstić information content (AvgIpc) is 2.39. The van der Waals surface area contributed by atoms with Gasteiger partial charge < -0.3 is 14.8 Å². The maximum absolute atomic E-state index is 11.9. The molecule has 2 atom stereocenters. The Morgan fingerprint density at radius 2 is 1.78 bits per heavy atom. The molecule has 6 heteroatoms. The highest BCUT2D eigenvalue weighted by Crippen LogP contribution is 2.16. The van der Waals surface area contributed by atoms with Gasteiger partial charge in [0.1, 0.15) is 5.60 Å². The number of hydrogen-bond donors (Lipinski definition) is 1. The Kier molecular flexibility index (Phi) is 9.22. The third-order valence-corrected chi connectivity index (χ3v) is 2.93. The van der Waals surface area contributed by atoms with Crippen LogP contribution in [0.25, 0.3) is 0 Å². The summed E-state index contributed by atoms with van der Waals surface area (Å²) in [7, 11) is 0. The lowest BCUT2D eigenvalue weighted by atomic mass is 9.91. The fourth-order valence-electron chi connectivity index (χ4n) is 2.04. The highest BCUT2D eigenvalue weighted by Gasteiger charge is 2.27. The molecule has 0 aromatic rings. The van der Waals surface area contributed by atoms with E-state index in [2.05, 4.69) is 5.32 Å². The van der Waals surface area contributed by atoms with E-state index in [0.29, 0.717) is 6.42 Å². The molecule has 0 saturated carbocycles. The van der Waals surface area contributed by atoms with Gasteiger partial charge in [-0.25, -0.2) is 9.59 Å². The number of ether oxygens (including phenoxy) is 2. The van der Waals surface area contributed by atoms with E-state index >= 15 is 0 Å². The molecule has 0 saturated heterocycles. The summed E-state index contributed by atoms with van der Waals surface area (Å²) >= 11 is 0. The van der Waals surface area contributed by atoms with Crippen LogP contribution in [0.1, 0.15) is 54.4 Å². The van der Waals surface area contributed by atoms with Crippen LogP contribution >= 0.6 is 0 Å². The van der Waals surface area contributed by atoms with E-state index in [0.717, 1.165) is 6.42 Å². The van der Waals surface area contributed by atoms with Crippen molar-refractivity contribution < 1.29 is 23.9 Å². The van der Waals surface area contributed by atoms with Crippen LogP contribution in [0.4, 0.5) is 4.79 Å². The van der Waals surface area contributed by atoms with Crippen LogP contribution in [-0.2, 0) is 19.1 Å². The summed E-state index contributed by atoms with van der Waals surface area (Å²) in [6.45, 7) is 10.6. The summed E-state index contributed by atoms with van der Waals surface area (Å²) in [6.07, 6.45) is 3.72. The normalized spacial score (nSPS) is 14.2. The summed E-state index contributed by atoms with van der Waals surface area (Å²) in [5.41, 5.74) is -0.646. The number of hydrogen-bond acceptors (Lipinski definition) is 5. The van der Waals surface area contributed by atoms with Gasteiger partial charge in [-0.15, -0.1) is 0 Å². The lowest BCUT2D eigenvalue weighted by Gasteiger charge is -2.26. The molecular formula is C17H29NO5. The fourth-order valence-corrected chi connectivity index (χ4v) is 2.04. The Morgan fingerprint density at radius 3 is 2.22 bits per heavy atom. The molecule has 0 aliphatic heterocycles. The van der Waals surface area contributed by atoms with E-state index < -0.39 is 23.7 Å². The quantitative estimate of drug-likeness (QED) is 0.547. The van der Waals surface area contributed by atoms with E-state index in [9.17, 15) is 14.4 Å². The van der Waals surface area contributed by atoms with E-state index in [1.807, 2.05) is 6.92 Å². The Hall–Kier alpha value is -1.85. The van der Waals surface area contributed by atoms with Gasteiger partial charge in [0.05, 0.1) is 12.6 Å². The van der Waals surface area contributed by atoms with Crippen LogP contribution in [0, 0.1) is 5.92 Å². The molecule has 0 radical (unpaired) electrons. The highest BCUT2D eigenvalue weighted by molar-refractivity contribution is 5.86. The molecule has 0 heterocycles. The van der Waals surface area contributed by atoms with Crippen molar-refractivity contribution in [3.8, 4) is 0 Å². The molecule has 0 aliphatic carbocycles. The molecule has 6 nitrogen and oxygen atoms in total. The topological polar surface area (TPSA) is 81.7 Å². The van der Waals surface area contributed by atoms with E-state index in [1.165, 1.54) is 13.0 Å². The Labute approximate surface area is 138 Å². The molecule has 0 aliphatic rings. The summed E-state index contributed by atoms with van der Waals surface area (Å²) in [4.78, 5) is 35.3. The van der Waals surface area contributed by atoms with Crippen molar-refractivity contribution in [1.29, 1.82) is 0 Å². The Bertz CT molecular complexity index is 437. The van der Waals surface area contributed by atoms with Gasteiger partial charge in [0, 0.05) is 12.0 Å².